The van der Waals surface area contributed by atoms with E-state index >= 15 is 0 Å². The SMILES string of the molecule is CNCC1(CNCC(C)(C)C(C)C)CC1. The van der Waals surface area contributed by atoms with E-state index in [-0.39, 0.29) is 0 Å². The van der Waals surface area contributed by atoms with Crippen molar-refractivity contribution in [1.82, 2.24) is 10.6 Å². The Hall–Kier alpha value is -0.0800. The van der Waals surface area contributed by atoms with Crippen molar-refractivity contribution in [2.24, 2.45) is 16.7 Å². The summed E-state index contributed by atoms with van der Waals surface area (Å²) >= 11 is 0. The van der Waals surface area contributed by atoms with E-state index in [1.54, 1.807) is 0 Å². The minimum absolute atomic E-state index is 0.412. The van der Waals surface area contributed by atoms with Gasteiger partial charge in [-0.05, 0) is 36.6 Å². The van der Waals surface area contributed by atoms with Crippen molar-refractivity contribution in [1.29, 1.82) is 0 Å². The Bertz CT molecular complexity index is 193. The largest absolute Gasteiger partial charge is 0.319 e. The molecule has 0 aromatic heterocycles. The average molecular weight is 212 g/mol. The van der Waals surface area contributed by atoms with Gasteiger partial charge >= 0.3 is 0 Å². The maximum absolute atomic E-state index is 3.65. The summed E-state index contributed by atoms with van der Waals surface area (Å²) in [4.78, 5) is 0. The molecule has 1 aliphatic carbocycles. The molecule has 90 valence electrons. The van der Waals surface area contributed by atoms with E-state index in [2.05, 4.69) is 45.4 Å². The van der Waals surface area contributed by atoms with Gasteiger partial charge in [0.15, 0.2) is 0 Å². The van der Waals surface area contributed by atoms with Crippen LogP contribution in [0.5, 0.6) is 0 Å². The second-order valence-electron chi connectivity index (χ2n) is 6.28. The zero-order valence-corrected chi connectivity index (χ0v) is 11.1. The summed E-state index contributed by atoms with van der Waals surface area (Å²) < 4.78 is 0. The summed E-state index contributed by atoms with van der Waals surface area (Å²) in [5.74, 6) is 0.740. The molecule has 0 bridgehead atoms. The molecule has 0 aromatic carbocycles. The first-order valence-electron chi connectivity index (χ1n) is 6.27. The third-order valence-corrected chi connectivity index (χ3v) is 4.15. The van der Waals surface area contributed by atoms with Crippen LogP contribution in [0, 0.1) is 16.7 Å². The zero-order chi connectivity index (χ0) is 11.5. The molecule has 0 spiro atoms. The molecular weight excluding hydrogens is 184 g/mol. The van der Waals surface area contributed by atoms with Gasteiger partial charge in [-0.2, -0.15) is 0 Å². The summed E-state index contributed by atoms with van der Waals surface area (Å²) in [6.45, 7) is 12.8. The Labute approximate surface area is 95.2 Å². The fourth-order valence-electron chi connectivity index (χ4n) is 1.82. The number of hydrogen-bond donors (Lipinski definition) is 2. The van der Waals surface area contributed by atoms with E-state index in [0.29, 0.717) is 10.8 Å². The molecule has 0 atom stereocenters. The van der Waals surface area contributed by atoms with E-state index in [4.69, 9.17) is 0 Å². The number of nitrogens with one attached hydrogen (secondary N) is 2. The summed E-state index contributed by atoms with van der Waals surface area (Å²) in [5.41, 5.74) is 0.998. The van der Waals surface area contributed by atoms with Crippen molar-refractivity contribution >= 4 is 0 Å². The van der Waals surface area contributed by atoms with Crippen molar-refractivity contribution in [3.8, 4) is 0 Å². The first-order valence-corrected chi connectivity index (χ1v) is 6.27. The van der Waals surface area contributed by atoms with Crippen LogP contribution in [0.4, 0.5) is 0 Å². The second kappa shape index (κ2) is 4.84. The second-order valence-corrected chi connectivity index (χ2v) is 6.28. The minimum atomic E-state index is 0.412. The normalized spacial score (nSPS) is 19.6. The lowest BCUT2D eigenvalue weighted by Crippen LogP contribution is -2.38. The Kier molecular flexibility index (Phi) is 4.19. The first kappa shape index (κ1) is 13.0. The lowest BCUT2D eigenvalue weighted by atomic mass is 9.81. The van der Waals surface area contributed by atoms with E-state index < -0.39 is 0 Å². The van der Waals surface area contributed by atoms with Gasteiger partial charge in [-0.1, -0.05) is 27.7 Å². The molecule has 2 heteroatoms. The Morgan fingerprint density at radius 1 is 1.20 bits per heavy atom. The lowest BCUT2D eigenvalue weighted by molar-refractivity contribution is 0.231. The highest BCUT2D eigenvalue weighted by Crippen LogP contribution is 2.44. The highest BCUT2D eigenvalue weighted by Gasteiger charge is 2.41. The van der Waals surface area contributed by atoms with E-state index in [0.717, 1.165) is 12.5 Å². The molecule has 2 nitrogen and oxygen atoms in total. The molecule has 0 aromatic rings. The van der Waals surface area contributed by atoms with Crippen LogP contribution in [-0.4, -0.2) is 26.7 Å². The quantitative estimate of drug-likeness (QED) is 0.676. The van der Waals surface area contributed by atoms with Crippen LogP contribution < -0.4 is 10.6 Å². The van der Waals surface area contributed by atoms with Gasteiger partial charge in [-0.15, -0.1) is 0 Å². The lowest BCUT2D eigenvalue weighted by Gasteiger charge is -2.30. The number of rotatable bonds is 7. The predicted octanol–water partition coefficient (Wildman–Crippen LogP) is 2.26. The molecular formula is C13H28N2. The third kappa shape index (κ3) is 3.76. The first-order chi connectivity index (χ1) is 6.92. The van der Waals surface area contributed by atoms with Gasteiger partial charge in [0, 0.05) is 19.6 Å². The van der Waals surface area contributed by atoms with Gasteiger partial charge in [0.25, 0.3) is 0 Å². The van der Waals surface area contributed by atoms with Gasteiger partial charge < -0.3 is 10.6 Å². The van der Waals surface area contributed by atoms with Crippen LogP contribution in [0.15, 0.2) is 0 Å². The number of hydrogen-bond acceptors (Lipinski definition) is 2. The summed E-state index contributed by atoms with van der Waals surface area (Å²) in [5, 5.41) is 6.96. The molecule has 0 aliphatic heterocycles. The van der Waals surface area contributed by atoms with Crippen molar-refractivity contribution in [2.45, 2.75) is 40.5 Å². The van der Waals surface area contributed by atoms with Gasteiger partial charge in [0.05, 0.1) is 0 Å². The van der Waals surface area contributed by atoms with Gasteiger partial charge in [-0.25, -0.2) is 0 Å². The van der Waals surface area contributed by atoms with Gasteiger partial charge in [0.1, 0.15) is 0 Å². The molecule has 1 fully saturated rings. The maximum atomic E-state index is 3.65. The highest BCUT2D eigenvalue weighted by atomic mass is 14.9. The summed E-state index contributed by atoms with van der Waals surface area (Å²) in [6.07, 6.45) is 2.78. The van der Waals surface area contributed by atoms with E-state index in [1.807, 2.05) is 0 Å². The molecule has 0 unspecified atom stereocenters. The Balaban J connectivity index is 2.21. The molecule has 0 saturated heterocycles. The molecule has 1 saturated carbocycles. The third-order valence-electron chi connectivity index (χ3n) is 4.15. The Morgan fingerprint density at radius 3 is 2.20 bits per heavy atom. The van der Waals surface area contributed by atoms with Crippen LogP contribution in [-0.2, 0) is 0 Å². The summed E-state index contributed by atoms with van der Waals surface area (Å²) in [7, 11) is 2.05. The van der Waals surface area contributed by atoms with Crippen molar-refractivity contribution < 1.29 is 0 Å². The van der Waals surface area contributed by atoms with Crippen molar-refractivity contribution in [3.05, 3.63) is 0 Å². The molecule has 0 radical (unpaired) electrons. The average Bonchev–Trinajstić information content (AvgIpc) is 2.85. The Morgan fingerprint density at radius 2 is 1.80 bits per heavy atom. The van der Waals surface area contributed by atoms with E-state index in [1.165, 1.54) is 25.9 Å². The molecule has 2 N–H and O–H groups in total. The molecule has 1 rings (SSSR count). The zero-order valence-electron chi connectivity index (χ0n) is 11.1. The minimum Gasteiger partial charge on any atom is -0.319 e. The van der Waals surface area contributed by atoms with Crippen molar-refractivity contribution in [3.63, 3.8) is 0 Å². The van der Waals surface area contributed by atoms with Crippen LogP contribution in [0.1, 0.15) is 40.5 Å². The molecule has 15 heavy (non-hydrogen) atoms. The van der Waals surface area contributed by atoms with Crippen LogP contribution in [0.3, 0.4) is 0 Å². The maximum Gasteiger partial charge on any atom is 0.00202 e. The highest BCUT2D eigenvalue weighted by molar-refractivity contribution is 4.96. The van der Waals surface area contributed by atoms with Gasteiger partial charge in [0.2, 0.25) is 0 Å². The standard InChI is InChI=1S/C13H28N2/c1-11(2)12(3,4)8-15-10-13(6-7-13)9-14-5/h11,14-15H,6-10H2,1-5H3. The topological polar surface area (TPSA) is 24.1 Å². The van der Waals surface area contributed by atoms with E-state index in [9.17, 15) is 0 Å². The molecule has 0 amide bonds. The predicted molar refractivity (Wildman–Crippen MR) is 67.1 cm³/mol. The van der Waals surface area contributed by atoms with Crippen molar-refractivity contribution in [2.75, 3.05) is 26.7 Å². The molecule has 0 heterocycles. The monoisotopic (exact) mass is 212 g/mol. The van der Waals surface area contributed by atoms with Crippen LogP contribution in [0.25, 0.3) is 0 Å². The van der Waals surface area contributed by atoms with Crippen LogP contribution >= 0.6 is 0 Å². The fourth-order valence-corrected chi connectivity index (χ4v) is 1.82. The van der Waals surface area contributed by atoms with Crippen LogP contribution in [0.2, 0.25) is 0 Å². The molecule has 1 aliphatic rings. The summed E-state index contributed by atoms with van der Waals surface area (Å²) in [6, 6.07) is 0. The fraction of sp³-hybridized carbons (Fsp3) is 1.00. The van der Waals surface area contributed by atoms with Gasteiger partial charge in [-0.3, -0.25) is 0 Å². The smallest absolute Gasteiger partial charge is 0.00202 e.